The maximum atomic E-state index is 13.3. The number of carbonyl (C=O) groups is 1. The average Bonchev–Trinajstić information content (AvgIpc) is 3.07. The monoisotopic (exact) mass is 358 g/mol. The Labute approximate surface area is 158 Å². The Kier molecular flexibility index (Phi) is 4.52. The van der Waals surface area contributed by atoms with E-state index in [2.05, 4.69) is 30.9 Å². The Bertz CT molecular complexity index is 1070. The summed E-state index contributed by atoms with van der Waals surface area (Å²) in [5, 5.41) is 0. The number of aromatic nitrogens is 1. The smallest absolute Gasteiger partial charge is 0.270 e. The summed E-state index contributed by atoms with van der Waals surface area (Å²) < 4.78 is 15.2. The number of carbonyl (C=O) groups excluding carboxylic acids is 1. The molecule has 0 aliphatic carbocycles. The Morgan fingerprint density at radius 3 is 2.63 bits per heavy atom. The largest absolute Gasteiger partial charge is 0.340 e. The van der Waals surface area contributed by atoms with Crippen LogP contribution in [0.3, 0.4) is 0 Å². The second-order valence-electron chi connectivity index (χ2n) is 6.78. The fourth-order valence-electron chi connectivity index (χ4n) is 3.33. The van der Waals surface area contributed by atoms with Gasteiger partial charge in [-0.2, -0.15) is 0 Å². The number of rotatable bonds is 2. The predicted octanol–water partition coefficient (Wildman–Crippen LogP) is 3.99. The average molecular weight is 358 g/mol. The quantitative estimate of drug-likeness (QED) is 0.636. The zero-order valence-electron chi connectivity index (χ0n) is 15.1. The van der Waals surface area contributed by atoms with Crippen LogP contribution >= 0.6 is 0 Å². The van der Waals surface area contributed by atoms with Crippen LogP contribution in [0.15, 0.2) is 60.8 Å². The second kappa shape index (κ2) is 7.13. The molecule has 3 nitrogen and oxygen atoms in total. The highest BCUT2D eigenvalue weighted by molar-refractivity contribution is 5.94. The third-order valence-electron chi connectivity index (χ3n) is 4.65. The van der Waals surface area contributed by atoms with Gasteiger partial charge >= 0.3 is 0 Å². The van der Waals surface area contributed by atoms with Gasteiger partial charge in [-0.05, 0) is 36.8 Å². The van der Waals surface area contributed by atoms with E-state index in [1.165, 1.54) is 17.7 Å². The van der Waals surface area contributed by atoms with Crippen molar-refractivity contribution in [2.24, 2.45) is 0 Å². The van der Waals surface area contributed by atoms with Gasteiger partial charge in [0, 0.05) is 37.0 Å². The molecule has 134 valence electrons. The molecule has 2 aromatic carbocycles. The summed E-state index contributed by atoms with van der Waals surface area (Å²) in [5.74, 6) is 5.69. The van der Waals surface area contributed by atoms with Crippen molar-refractivity contribution < 1.29 is 9.18 Å². The number of hydrogen-bond donors (Lipinski definition) is 0. The number of fused-ring (bicyclic) bond motifs is 1. The fraction of sp³-hybridized carbons (Fsp3) is 0.174. The maximum Gasteiger partial charge on any atom is 0.270 e. The van der Waals surface area contributed by atoms with E-state index in [0.29, 0.717) is 24.3 Å². The van der Waals surface area contributed by atoms with E-state index in [4.69, 9.17) is 0 Å². The number of amides is 1. The lowest BCUT2D eigenvalue weighted by atomic mass is 10.1. The van der Waals surface area contributed by atoms with Crippen LogP contribution in [0.25, 0.3) is 0 Å². The summed E-state index contributed by atoms with van der Waals surface area (Å²) in [6.45, 7) is 4.08. The van der Waals surface area contributed by atoms with Crippen LogP contribution in [0.5, 0.6) is 0 Å². The molecule has 0 radical (unpaired) electrons. The van der Waals surface area contributed by atoms with Crippen LogP contribution in [0, 0.1) is 24.6 Å². The van der Waals surface area contributed by atoms with Gasteiger partial charge in [-0.15, -0.1) is 0 Å². The van der Waals surface area contributed by atoms with Crippen LogP contribution in [-0.2, 0) is 13.1 Å². The molecule has 0 atom stereocenters. The summed E-state index contributed by atoms with van der Waals surface area (Å²) in [6, 6.07) is 16.2. The van der Waals surface area contributed by atoms with Gasteiger partial charge in [-0.1, -0.05) is 47.7 Å². The van der Waals surface area contributed by atoms with E-state index in [9.17, 15) is 9.18 Å². The normalized spacial score (nSPS) is 13.1. The minimum Gasteiger partial charge on any atom is -0.340 e. The van der Waals surface area contributed by atoms with Crippen LogP contribution in [-0.4, -0.2) is 21.9 Å². The van der Waals surface area contributed by atoms with Crippen LogP contribution in [0.2, 0.25) is 0 Å². The molecule has 0 saturated carbocycles. The van der Waals surface area contributed by atoms with Gasteiger partial charge in [0.15, 0.2) is 0 Å². The first-order valence-corrected chi connectivity index (χ1v) is 8.91. The molecule has 1 aliphatic heterocycles. The molecule has 2 heterocycles. The summed E-state index contributed by atoms with van der Waals surface area (Å²) in [6.07, 6.45) is 1.89. The van der Waals surface area contributed by atoms with Crippen molar-refractivity contribution in [3.63, 3.8) is 0 Å². The number of nitrogens with zero attached hydrogens (tertiary/aromatic N) is 2. The highest BCUT2D eigenvalue weighted by Crippen LogP contribution is 2.19. The van der Waals surface area contributed by atoms with Gasteiger partial charge in [0.25, 0.3) is 5.91 Å². The van der Waals surface area contributed by atoms with Gasteiger partial charge in [0.1, 0.15) is 11.5 Å². The fourth-order valence-corrected chi connectivity index (χ4v) is 3.33. The lowest BCUT2D eigenvalue weighted by molar-refractivity contribution is 0.0691. The van der Waals surface area contributed by atoms with Crippen LogP contribution in [0.1, 0.15) is 32.7 Å². The molecular weight excluding hydrogens is 339 g/mol. The molecule has 0 spiro atoms. The molecule has 0 bridgehead atoms. The molecule has 4 rings (SSSR count). The van der Waals surface area contributed by atoms with Gasteiger partial charge in [-0.25, -0.2) is 4.39 Å². The van der Waals surface area contributed by atoms with Crippen molar-refractivity contribution in [2.75, 3.05) is 6.54 Å². The standard InChI is InChI=1S/C23H19FN2O/c1-17-4-2-6-19(12-17)16-26-11-10-25-15-20(14-22(25)23(26)27)9-8-18-5-3-7-21(24)13-18/h2-7,12-15H,10-11,16H2,1H3. The van der Waals surface area contributed by atoms with E-state index < -0.39 is 0 Å². The highest BCUT2D eigenvalue weighted by Gasteiger charge is 2.25. The van der Waals surface area contributed by atoms with Crippen molar-refractivity contribution in [1.29, 1.82) is 0 Å². The van der Waals surface area contributed by atoms with Gasteiger partial charge in [-0.3, -0.25) is 4.79 Å². The summed E-state index contributed by atoms with van der Waals surface area (Å²) in [7, 11) is 0. The number of halogens is 1. The molecule has 0 N–H and O–H groups in total. The van der Waals surface area contributed by atoms with E-state index in [-0.39, 0.29) is 11.7 Å². The zero-order valence-corrected chi connectivity index (χ0v) is 15.1. The van der Waals surface area contributed by atoms with E-state index >= 15 is 0 Å². The summed E-state index contributed by atoms with van der Waals surface area (Å²) >= 11 is 0. The minimum atomic E-state index is -0.306. The van der Waals surface area contributed by atoms with Crippen molar-refractivity contribution in [3.8, 4) is 11.8 Å². The molecule has 0 saturated heterocycles. The predicted molar refractivity (Wildman–Crippen MR) is 103 cm³/mol. The van der Waals surface area contributed by atoms with Gasteiger partial charge in [0.05, 0.1) is 0 Å². The molecule has 27 heavy (non-hydrogen) atoms. The molecule has 1 aliphatic rings. The van der Waals surface area contributed by atoms with Crippen LogP contribution < -0.4 is 0 Å². The van der Waals surface area contributed by atoms with E-state index in [0.717, 1.165) is 17.7 Å². The zero-order chi connectivity index (χ0) is 18.8. The molecule has 0 unspecified atom stereocenters. The summed E-state index contributed by atoms with van der Waals surface area (Å²) in [4.78, 5) is 14.7. The molecule has 4 heteroatoms. The number of hydrogen-bond acceptors (Lipinski definition) is 1. The maximum absolute atomic E-state index is 13.3. The molecule has 0 fully saturated rings. The second-order valence-corrected chi connectivity index (χ2v) is 6.78. The first kappa shape index (κ1) is 17.1. The van der Waals surface area contributed by atoms with Gasteiger partial charge in [0.2, 0.25) is 0 Å². The molecule has 1 aromatic heterocycles. The summed E-state index contributed by atoms with van der Waals surface area (Å²) in [5.41, 5.74) is 4.36. The lowest BCUT2D eigenvalue weighted by Gasteiger charge is -2.28. The Hall–Kier alpha value is -3.32. The first-order chi connectivity index (χ1) is 13.1. The third-order valence-corrected chi connectivity index (χ3v) is 4.65. The number of aryl methyl sites for hydroxylation is 1. The molecular formula is C23H19FN2O. The highest BCUT2D eigenvalue weighted by atomic mass is 19.1. The van der Waals surface area contributed by atoms with Crippen molar-refractivity contribution >= 4 is 5.91 Å². The topological polar surface area (TPSA) is 25.2 Å². The minimum absolute atomic E-state index is 0.0153. The lowest BCUT2D eigenvalue weighted by Crippen LogP contribution is -2.39. The molecule has 3 aromatic rings. The van der Waals surface area contributed by atoms with Crippen molar-refractivity contribution in [2.45, 2.75) is 20.0 Å². The number of benzene rings is 2. The molecule has 1 amide bonds. The van der Waals surface area contributed by atoms with Crippen molar-refractivity contribution in [1.82, 2.24) is 9.47 Å². The van der Waals surface area contributed by atoms with Crippen LogP contribution in [0.4, 0.5) is 4.39 Å². The Balaban J connectivity index is 1.54. The van der Waals surface area contributed by atoms with Crippen molar-refractivity contribution in [3.05, 3.63) is 94.6 Å². The Morgan fingerprint density at radius 2 is 1.81 bits per heavy atom. The Morgan fingerprint density at radius 1 is 1.00 bits per heavy atom. The van der Waals surface area contributed by atoms with Gasteiger partial charge < -0.3 is 9.47 Å². The van der Waals surface area contributed by atoms with E-state index in [1.54, 1.807) is 12.1 Å². The SMILES string of the molecule is Cc1cccc(CN2CCn3cc(C#Cc4cccc(F)c4)cc3C2=O)c1. The first-order valence-electron chi connectivity index (χ1n) is 8.91. The third kappa shape index (κ3) is 3.78. The van der Waals surface area contributed by atoms with E-state index in [1.807, 2.05) is 33.9 Å².